The first-order valence-corrected chi connectivity index (χ1v) is 6.41. The molecular weight excluding hydrogens is 251 g/mol. The van der Waals surface area contributed by atoms with Crippen molar-refractivity contribution in [1.29, 1.82) is 0 Å². The van der Waals surface area contributed by atoms with Gasteiger partial charge >= 0.3 is 0 Å². The lowest BCUT2D eigenvalue weighted by Gasteiger charge is -2.11. The van der Waals surface area contributed by atoms with Crippen molar-refractivity contribution in [2.75, 3.05) is 0 Å². The molecule has 1 nitrogen and oxygen atoms in total. The van der Waals surface area contributed by atoms with E-state index in [9.17, 15) is 4.39 Å². The van der Waals surface area contributed by atoms with E-state index in [-0.39, 0.29) is 5.82 Å². The van der Waals surface area contributed by atoms with E-state index >= 15 is 0 Å². The molecule has 3 aromatic rings. The molecule has 0 radical (unpaired) electrons. The zero-order chi connectivity index (χ0) is 13.8. The summed E-state index contributed by atoms with van der Waals surface area (Å²) in [5.41, 5.74) is 1.29. The summed E-state index contributed by atoms with van der Waals surface area (Å²) in [6, 6.07) is 23.6. The van der Waals surface area contributed by atoms with Crippen LogP contribution < -0.4 is 4.74 Å². The number of halogens is 1. The molecule has 20 heavy (non-hydrogen) atoms. The first kappa shape index (κ1) is 12.4. The van der Waals surface area contributed by atoms with Gasteiger partial charge in [0.05, 0.1) is 0 Å². The molecule has 0 saturated heterocycles. The minimum Gasteiger partial charge on any atom is -0.457 e. The molecule has 0 bridgehead atoms. The van der Waals surface area contributed by atoms with E-state index in [2.05, 4.69) is 0 Å². The predicted octanol–water partition coefficient (Wildman–Crippen LogP) is 5.29. The summed E-state index contributed by atoms with van der Waals surface area (Å²) in [6.07, 6.45) is 0. The van der Waals surface area contributed by atoms with Crippen molar-refractivity contribution < 1.29 is 9.13 Å². The lowest BCUT2D eigenvalue weighted by molar-refractivity contribution is 0.484. The molecule has 0 unspecified atom stereocenters. The molecule has 0 aliphatic heterocycles. The second kappa shape index (κ2) is 5.57. The zero-order valence-corrected chi connectivity index (χ0v) is 10.8. The Hall–Kier alpha value is -2.61. The molecule has 0 atom stereocenters. The highest BCUT2D eigenvalue weighted by Crippen LogP contribution is 2.34. The number of benzene rings is 3. The maximum atomic E-state index is 13.9. The molecule has 0 amide bonds. The normalized spacial score (nSPS) is 10.2. The fourth-order valence-corrected chi connectivity index (χ4v) is 2.07. The minimum absolute atomic E-state index is 0.253. The minimum atomic E-state index is -0.253. The highest BCUT2D eigenvalue weighted by atomic mass is 19.1. The summed E-state index contributed by atoms with van der Waals surface area (Å²) >= 11 is 0. The van der Waals surface area contributed by atoms with E-state index in [0.717, 1.165) is 11.3 Å². The molecule has 3 aromatic carbocycles. The third-order valence-corrected chi connectivity index (χ3v) is 3.02. The second-order valence-corrected chi connectivity index (χ2v) is 4.39. The molecule has 98 valence electrons. The number of rotatable bonds is 3. The van der Waals surface area contributed by atoms with Crippen LogP contribution in [0.15, 0.2) is 78.9 Å². The Morgan fingerprint density at radius 1 is 0.600 bits per heavy atom. The van der Waals surface area contributed by atoms with Gasteiger partial charge in [0, 0.05) is 11.1 Å². The molecule has 0 aromatic heterocycles. The fourth-order valence-electron chi connectivity index (χ4n) is 2.07. The Kier molecular flexibility index (Phi) is 3.46. The first-order valence-electron chi connectivity index (χ1n) is 6.41. The lowest BCUT2D eigenvalue weighted by atomic mass is 10.0. The van der Waals surface area contributed by atoms with Gasteiger partial charge in [-0.3, -0.25) is 0 Å². The molecule has 0 fully saturated rings. The average molecular weight is 264 g/mol. The van der Waals surface area contributed by atoms with Crippen LogP contribution in [0.3, 0.4) is 0 Å². The molecule has 3 rings (SSSR count). The van der Waals surface area contributed by atoms with E-state index in [4.69, 9.17) is 4.74 Å². The molecule has 0 heterocycles. The van der Waals surface area contributed by atoms with Gasteiger partial charge in [-0.2, -0.15) is 0 Å². The zero-order valence-electron chi connectivity index (χ0n) is 10.8. The second-order valence-electron chi connectivity index (χ2n) is 4.39. The summed E-state index contributed by atoms with van der Waals surface area (Å²) in [4.78, 5) is 0. The summed E-state index contributed by atoms with van der Waals surface area (Å²) in [5.74, 6) is 1.12. The van der Waals surface area contributed by atoms with E-state index in [1.54, 1.807) is 12.1 Å². The molecule has 0 saturated carbocycles. The molecule has 2 heteroatoms. The van der Waals surface area contributed by atoms with Crippen molar-refractivity contribution in [3.63, 3.8) is 0 Å². The largest absolute Gasteiger partial charge is 0.457 e. The fraction of sp³-hybridized carbons (Fsp3) is 0. The maximum absolute atomic E-state index is 13.9. The van der Waals surface area contributed by atoms with Crippen molar-refractivity contribution in [2.24, 2.45) is 0 Å². The number of hydrogen-bond acceptors (Lipinski definition) is 1. The highest BCUT2D eigenvalue weighted by molar-refractivity contribution is 5.71. The van der Waals surface area contributed by atoms with Crippen molar-refractivity contribution >= 4 is 0 Å². The number of ether oxygens (including phenoxy) is 1. The van der Waals surface area contributed by atoms with Crippen LogP contribution in [0.5, 0.6) is 11.5 Å². The Balaban J connectivity index is 2.03. The van der Waals surface area contributed by atoms with Crippen LogP contribution in [0, 0.1) is 5.82 Å². The molecule has 0 aliphatic rings. The van der Waals surface area contributed by atoms with Gasteiger partial charge in [-0.25, -0.2) is 4.39 Å². The first-order chi connectivity index (χ1) is 9.84. The molecule has 0 N–H and O–H groups in total. The summed E-state index contributed by atoms with van der Waals surface area (Å²) in [7, 11) is 0. The smallest absolute Gasteiger partial charge is 0.135 e. The van der Waals surface area contributed by atoms with Crippen molar-refractivity contribution in [2.45, 2.75) is 0 Å². The quantitative estimate of drug-likeness (QED) is 0.625. The van der Waals surface area contributed by atoms with Gasteiger partial charge < -0.3 is 4.74 Å². The summed E-state index contributed by atoms with van der Waals surface area (Å²) in [5, 5.41) is 0. The van der Waals surface area contributed by atoms with Crippen molar-refractivity contribution in [3.05, 3.63) is 84.7 Å². The monoisotopic (exact) mass is 264 g/mol. The molecule has 0 spiro atoms. The van der Waals surface area contributed by atoms with Crippen LogP contribution in [-0.4, -0.2) is 0 Å². The van der Waals surface area contributed by atoms with Crippen LogP contribution >= 0.6 is 0 Å². The van der Waals surface area contributed by atoms with Crippen LogP contribution in [0.25, 0.3) is 11.1 Å². The van der Waals surface area contributed by atoms with Gasteiger partial charge in [-0.1, -0.05) is 54.6 Å². The number of para-hydroxylation sites is 2. The molecular formula is C18H13FO. The Morgan fingerprint density at radius 2 is 1.20 bits per heavy atom. The van der Waals surface area contributed by atoms with Gasteiger partial charge in [0.2, 0.25) is 0 Å². The average Bonchev–Trinajstić information content (AvgIpc) is 2.50. The maximum Gasteiger partial charge on any atom is 0.135 e. The van der Waals surface area contributed by atoms with Crippen molar-refractivity contribution in [1.82, 2.24) is 0 Å². The van der Waals surface area contributed by atoms with E-state index in [1.165, 1.54) is 6.07 Å². The lowest BCUT2D eigenvalue weighted by Crippen LogP contribution is -1.90. The van der Waals surface area contributed by atoms with Crippen LogP contribution in [0.2, 0.25) is 0 Å². The third-order valence-electron chi connectivity index (χ3n) is 3.02. The van der Waals surface area contributed by atoms with Crippen LogP contribution in [0.1, 0.15) is 0 Å². The highest BCUT2D eigenvalue weighted by Gasteiger charge is 2.10. The summed E-state index contributed by atoms with van der Waals surface area (Å²) in [6.45, 7) is 0. The SMILES string of the molecule is Fc1ccccc1-c1ccccc1Oc1ccccc1. The Labute approximate surface area is 117 Å². The van der Waals surface area contributed by atoms with Gasteiger partial charge in [0.15, 0.2) is 0 Å². The summed E-state index contributed by atoms with van der Waals surface area (Å²) < 4.78 is 19.8. The van der Waals surface area contributed by atoms with Crippen molar-refractivity contribution in [3.8, 4) is 22.6 Å². The van der Waals surface area contributed by atoms with Gasteiger partial charge in [-0.05, 0) is 24.3 Å². The van der Waals surface area contributed by atoms with Gasteiger partial charge in [0.1, 0.15) is 17.3 Å². The third kappa shape index (κ3) is 2.54. The van der Waals surface area contributed by atoms with E-state index in [1.807, 2.05) is 60.7 Å². The van der Waals surface area contributed by atoms with Crippen LogP contribution in [0.4, 0.5) is 4.39 Å². The Morgan fingerprint density at radius 3 is 1.95 bits per heavy atom. The van der Waals surface area contributed by atoms with Gasteiger partial charge in [0.25, 0.3) is 0 Å². The number of hydrogen-bond donors (Lipinski definition) is 0. The van der Waals surface area contributed by atoms with Gasteiger partial charge in [-0.15, -0.1) is 0 Å². The van der Waals surface area contributed by atoms with Crippen LogP contribution in [-0.2, 0) is 0 Å². The topological polar surface area (TPSA) is 9.23 Å². The predicted molar refractivity (Wildman–Crippen MR) is 78.4 cm³/mol. The standard InChI is InChI=1S/C18H13FO/c19-17-12-6-4-10-15(17)16-11-5-7-13-18(16)20-14-8-2-1-3-9-14/h1-13H. The van der Waals surface area contributed by atoms with E-state index < -0.39 is 0 Å². The van der Waals surface area contributed by atoms with E-state index in [0.29, 0.717) is 11.3 Å². The Bertz CT molecular complexity index is 707. The molecule has 0 aliphatic carbocycles.